The van der Waals surface area contributed by atoms with Gasteiger partial charge < -0.3 is 10.4 Å². The first-order valence-corrected chi connectivity index (χ1v) is 14.4. The van der Waals surface area contributed by atoms with Crippen LogP contribution in [0.2, 0.25) is 0 Å². The Kier molecular flexibility index (Phi) is 9.01. The number of benzene rings is 3. The Morgan fingerprint density at radius 3 is 2.25 bits per heavy atom. The van der Waals surface area contributed by atoms with Crippen LogP contribution < -0.4 is 9.62 Å². The lowest BCUT2D eigenvalue weighted by atomic mass is 10.1. The fourth-order valence-electron chi connectivity index (χ4n) is 4.68. The van der Waals surface area contributed by atoms with Crippen LogP contribution in [0.25, 0.3) is 6.08 Å². The highest BCUT2D eigenvalue weighted by Crippen LogP contribution is 2.31. The van der Waals surface area contributed by atoms with E-state index in [-0.39, 0.29) is 23.1 Å². The molecule has 0 aliphatic rings. The molecule has 0 aliphatic heterocycles. The summed E-state index contributed by atoms with van der Waals surface area (Å²) >= 11 is 0. The summed E-state index contributed by atoms with van der Waals surface area (Å²) in [6, 6.07) is 21.1. The second-order valence-corrected chi connectivity index (χ2v) is 11.5. The van der Waals surface area contributed by atoms with Crippen LogP contribution in [-0.4, -0.2) is 31.0 Å². The van der Waals surface area contributed by atoms with Gasteiger partial charge in [-0.25, -0.2) is 8.42 Å². The Hall–Kier alpha value is -4.43. The average molecular weight is 556 g/mol. The number of aryl methyl sites for hydroxylation is 3. The van der Waals surface area contributed by atoms with Crippen molar-refractivity contribution in [1.29, 1.82) is 0 Å². The van der Waals surface area contributed by atoms with E-state index in [1.54, 1.807) is 80.8 Å². The van der Waals surface area contributed by atoms with E-state index in [1.165, 1.54) is 10.4 Å². The fraction of sp³-hybridized carbons (Fsp3) is 0.188. The maximum atomic E-state index is 14.1. The molecule has 1 aromatic heterocycles. The number of sulfonamides is 1. The summed E-state index contributed by atoms with van der Waals surface area (Å²) in [6.07, 6.45) is 7.30. The lowest BCUT2D eigenvalue weighted by molar-refractivity contribution is -0.116. The number of pyridine rings is 1. The van der Waals surface area contributed by atoms with Crippen LogP contribution in [0, 0.1) is 20.8 Å². The predicted molar refractivity (Wildman–Crippen MR) is 159 cm³/mol. The van der Waals surface area contributed by atoms with Crippen molar-refractivity contribution in [3.63, 3.8) is 0 Å². The quantitative estimate of drug-likeness (QED) is 0.253. The molecule has 1 heterocycles. The molecule has 4 aromatic rings. The molecule has 0 radical (unpaired) electrons. The monoisotopic (exact) mass is 555 g/mol. The molecule has 1 amide bonds. The third-order valence-corrected chi connectivity index (χ3v) is 8.54. The van der Waals surface area contributed by atoms with Crippen LogP contribution in [0.4, 0.5) is 5.69 Å². The van der Waals surface area contributed by atoms with E-state index in [4.69, 9.17) is 0 Å². The molecule has 0 atom stereocenters. The van der Waals surface area contributed by atoms with E-state index >= 15 is 0 Å². The lowest BCUT2D eigenvalue weighted by Gasteiger charge is -2.27. The first-order chi connectivity index (χ1) is 19.1. The standard InChI is InChI=1S/C32H33N3O4S/c1-23-19-24(2)32(25(3)20-23)40(38,39)35(22-28-5-4-6-30(36)21-28)29-10-7-26(8-11-29)9-12-31(37)34-18-15-27-13-16-33-17-14-27/h4-14,16-17,19-21,36H,15,18,22H2,1-3H3,(H,34,37). The zero-order valence-electron chi connectivity index (χ0n) is 22.8. The highest BCUT2D eigenvalue weighted by molar-refractivity contribution is 7.92. The van der Waals surface area contributed by atoms with Gasteiger partial charge in [-0.2, -0.15) is 0 Å². The maximum Gasteiger partial charge on any atom is 0.265 e. The number of aromatic nitrogens is 1. The number of anilines is 1. The smallest absolute Gasteiger partial charge is 0.265 e. The van der Waals surface area contributed by atoms with Gasteiger partial charge in [0.1, 0.15) is 5.75 Å². The molecule has 0 saturated carbocycles. The summed E-state index contributed by atoms with van der Waals surface area (Å²) in [5.74, 6) is -0.145. The van der Waals surface area contributed by atoms with E-state index in [2.05, 4.69) is 10.3 Å². The van der Waals surface area contributed by atoms with E-state index in [0.29, 0.717) is 35.3 Å². The van der Waals surface area contributed by atoms with Gasteiger partial charge in [-0.1, -0.05) is 42.0 Å². The molecule has 0 aliphatic carbocycles. The Balaban J connectivity index is 1.55. The van der Waals surface area contributed by atoms with Crippen molar-refractivity contribution in [3.8, 4) is 5.75 Å². The van der Waals surface area contributed by atoms with Crippen LogP contribution in [0.1, 0.15) is 33.4 Å². The van der Waals surface area contributed by atoms with E-state index in [0.717, 1.165) is 16.7 Å². The molecule has 0 unspecified atom stereocenters. The highest BCUT2D eigenvalue weighted by atomic mass is 32.2. The van der Waals surface area contributed by atoms with Crippen molar-refractivity contribution in [3.05, 3.63) is 125 Å². The van der Waals surface area contributed by atoms with Crippen molar-refractivity contribution in [2.75, 3.05) is 10.8 Å². The van der Waals surface area contributed by atoms with E-state index < -0.39 is 10.0 Å². The number of aromatic hydroxyl groups is 1. The maximum absolute atomic E-state index is 14.1. The number of nitrogens with zero attached hydrogens (tertiary/aromatic N) is 2. The molecular weight excluding hydrogens is 522 g/mol. The molecule has 2 N–H and O–H groups in total. The van der Waals surface area contributed by atoms with Crippen LogP contribution in [0.3, 0.4) is 0 Å². The predicted octanol–water partition coefficient (Wildman–Crippen LogP) is 5.48. The number of amides is 1. The topological polar surface area (TPSA) is 99.6 Å². The molecular formula is C32H33N3O4S. The first kappa shape index (κ1) is 28.6. The van der Waals surface area contributed by atoms with Crippen molar-refractivity contribution >= 4 is 27.7 Å². The average Bonchev–Trinajstić information content (AvgIpc) is 2.91. The Morgan fingerprint density at radius 1 is 0.925 bits per heavy atom. The van der Waals surface area contributed by atoms with E-state index in [9.17, 15) is 18.3 Å². The third-order valence-electron chi connectivity index (χ3n) is 6.46. The number of nitrogens with one attached hydrogen (secondary N) is 1. The third kappa shape index (κ3) is 7.15. The minimum atomic E-state index is -3.95. The number of rotatable bonds is 10. The number of carbonyl (C=O) groups is 1. The summed E-state index contributed by atoms with van der Waals surface area (Å²) in [6.45, 7) is 6.09. The second-order valence-electron chi connectivity index (χ2n) is 9.73. The molecule has 0 bridgehead atoms. The molecule has 0 spiro atoms. The van der Waals surface area contributed by atoms with Crippen LogP contribution in [-0.2, 0) is 27.8 Å². The van der Waals surface area contributed by atoms with Crippen molar-refractivity contribution in [2.24, 2.45) is 0 Å². The number of carbonyl (C=O) groups excluding carboxylic acids is 1. The number of phenolic OH excluding ortho intramolecular Hbond substituents is 1. The van der Waals surface area contributed by atoms with Crippen molar-refractivity contribution in [1.82, 2.24) is 10.3 Å². The van der Waals surface area contributed by atoms with Gasteiger partial charge in [-0.15, -0.1) is 0 Å². The summed E-state index contributed by atoms with van der Waals surface area (Å²) in [4.78, 5) is 16.5. The molecule has 4 rings (SSSR count). The minimum absolute atomic E-state index is 0.0402. The van der Waals surface area contributed by atoms with Gasteiger partial charge in [0.15, 0.2) is 0 Å². The SMILES string of the molecule is Cc1cc(C)c(S(=O)(=O)N(Cc2cccc(O)c2)c2ccc(C=CC(=O)NCCc3ccncc3)cc2)c(C)c1. The molecule has 40 heavy (non-hydrogen) atoms. The number of hydrogen-bond donors (Lipinski definition) is 2. The number of phenols is 1. The van der Waals surface area contributed by atoms with E-state index in [1.807, 2.05) is 31.2 Å². The Morgan fingerprint density at radius 2 is 1.60 bits per heavy atom. The molecule has 3 aromatic carbocycles. The minimum Gasteiger partial charge on any atom is -0.508 e. The van der Waals surface area contributed by atoms with Gasteiger partial charge >= 0.3 is 0 Å². The molecule has 206 valence electrons. The van der Waals surface area contributed by atoms with Crippen LogP contribution in [0.15, 0.2) is 96.2 Å². The Labute approximate surface area is 235 Å². The first-order valence-electron chi connectivity index (χ1n) is 13.0. The van der Waals surface area contributed by atoms with Gasteiger partial charge in [-0.05, 0) is 97.5 Å². The Bertz CT molecular complexity index is 1590. The van der Waals surface area contributed by atoms with Gasteiger partial charge in [0.2, 0.25) is 5.91 Å². The summed E-state index contributed by atoms with van der Waals surface area (Å²) in [7, 11) is -3.95. The molecule has 0 saturated heterocycles. The largest absolute Gasteiger partial charge is 0.508 e. The van der Waals surface area contributed by atoms with Crippen LogP contribution in [0.5, 0.6) is 5.75 Å². The van der Waals surface area contributed by atoms with Crippen LogP contribution >= 0.6 is 0 Å². The molecule has 8 heteroatoms. The zero-order chi connectivity index (χ0) is 28.7. The fourth-order valence-corrected chi connectivity index (χ4v) is 6.55. The lowest BCUT2D eigenvalue weighted by Crippen LogP contribution is -2.31. The highest BCUT2D eigenvalue weighted by Gasteiger charge is 2.28. The molecule has 0 fully saturated rings. The normalized spacial score (nSPS) is 11.5. The summed E-state index contributed by atoms with van der Waals surface area (Å²) in [5, 5.41) is 12.8. The molecule has 7 nitrogen and oxygen atoms in total. The van der Waals surface area contributed by atoms with Crippen molar-refractivity contribution < 1.29 is 18.3 Å². The van der Waals surface area contributed by atoms with Gasteiger partial charge in [0, 0.05) is 25.0 Å². The summed E-state index contributed by atoms with van der Waals surface area (Å²) in [5.41, 5.74) is 5.31. The van der Waals surface area contributed by atoms with Gasteiger partial charge in [0.05, 0.1) is 17.1 Å². The second kappa shape index (κ2) is 12.6. The van der Waals surface area contributed by atoms with Gasteiger partial charge in [0.25, 0.3) is 10.0 Å². The number of hydrogen-bond acceptors (Lipinski definition) is 5. The zero-order valence-corrected chi connectivity index (χ0v) is 23.7. The summed E-state index contributed by atoms with van der Waals surface area (Å²) < 4.78 is 29.5. The van der Waals surface area contributed by atoms with Gasteiger partial charge in [-0.3, -0.25) is 14.1 Å². The van der Waals surface area contributed by atoms with Crippen molar-refractivity contribution in [2.45, 2.75) is 38.6 Å².